The maximum absolute atomic E-state index is 11.4. The molecule has 1 rings (SSSR count). The number of hydrogen-bond acceptors (Lipinski definition) is 3. The van der Waals surface area contributed by atoms with Crippen LogP contribution in [0.4, 0.5) is 5.69 Å². The normalized spacial score (nSPS) is 10.8. The molecule has 16 heavy (non-hydrogen) atoms. The van der Waals surface area contributed by atoms with Crippen molar-refractivity contribution in [3.05, 3.63) is 28.8 Å². The molecule has 0 unspecified atom stereocenters. The Morgan fingerprint density at radius 3 is 2.69 bits per heavy atom. The summed E-state index contributed by atoms with van der Waals surface area (Å²) in [6.45, 7) is 1.78. The van der Waals surface area contributed by atoms with Crippen LogP contribution in [0.25, 0.3) is 0 Å². The third kappa shape index (κ3) is 3.40. The zero-order valence-electron chi connectivity index (χ0n) is 8.70. The molecule has 1 N–H and O–H groups in total. The molecule has 0 aliphatic heterocycles. The third-order valence-electron chi connectivity index (χ3n) is 1.84. The van der Waals surface area contributed by atoms with Crippen LogP contribution >= 0.6 is 11.6 Å². The number of nitrogens with zero attached hydrogens (tertiary/aromatic N) is 1. The van der Waals surface area contributed by atoms with Crippen molar-refractivity contribution in [2.75, 3.05) is 10.5 Å². The summed E-state index contributed by atoms with van der Waals surface area (Å²) in [6, 6.07) is 6.32. The molecular weight excluding hydrogens is 248 g/mol. The third-order valence-corrected chi connectivity index (χ3v) is 3.64. The van der Waals surface area contributed by atoms with Crippen LogP contribution in [0, 0.1) is 11.3 Å². The monoisotopic (exact) mass is 258 g/mol. The van der Waals surface area contributed by atoms with Crippen molar-refractivity contribution in [2.24, 2.45) is 0 Å². The number of halogens is 1. The summed E-state index contributed by atoms with van der Waals surface area (Å²) in [6.07, 6.45) is 0.541. The lowest BCUT2D eigenvalue weighted by Crippen LogP contribution is -2.16. The van der Waals surface area contributed by atoms with Crippen LogP contribution in [-0.2, 0) is 10.0 Å². The Hall–Kier alpha value is -1.25. The van der Waals surface area contributed by atoms with Crippen LogP contribution in [0.15, 0.2) is 18.2 Å². The minimum atomic E-state index is -3.31. The molecule has 6 heteroatoms. The number of sulfonamides is 1. The van der Waals surface area contributed by atoms with Crippen LogP contribution in [0.1, 0.15) is 18.9 Å². The highest BCUT2D eigenvalue weighted by molar-refractivity contribution is 7.92. The number of nitrogens with one attached hydrogen (secondary N) is 1. The van der Waals surface area contributed by atoms with Crippen molar-refractivity contribution in [1.82, 2.24) is 0 Å². The van der Waals surface area contributed by atoms with Crippen LogP contribution < -0.4 is 4.72 Å². The van der Waals surface area contributed by atoms with E-state index >= 15 is 0 Å². The van der Waals surface area contributed by atoms with Crippen molar-refractivity contribution in [2.45, 2.75) is 13.3 Å². The first kappa shape index (κ1) is 12.8. The molecule has 0 aromatic heterocycles. The maximum Gasteiger partial charge on any atom is 0.232 e. The van der Waals surface area contributed by atoms with Gasteiger partial charge in [-0.2, -0.15) is 5.26 Å². The zero-order valence-corrected chi connectivity index (χ0v) is 10.3. The van der Waals surface area contributed by atoms with Crippen LogP contribution in [0.2, 0.25) is 5.02 Å². The number of anilines is 1. The van der Waals surface area contributed by atoms with E-state index in [1.54, 1.807) is 6.92 Å². The van der Waals surface area contributed by atoms with Crippen molar-refractivity contribution >= 4 is 27.3 Å². The first-order chi connectivity index (χ1) is 7.48. The Labute approximate surface area is 99.9 Å². The van der Waals surface area contributed by atoms with Gasteiger partial charge in [-0.15, -0.1) is 0 Å². The van der Waals surface area contributed by atoms with Crippen LogP contribution in [-0.4, -0.2) is 14.2 Å². The van der Waals surface area contributed by atoms with Crippen molar-refractivity contribution in [1.29, 1.82) is 5.26 Å². The van der Waals surface area contributed by atoms with E-state index < -0.39 is 10.0 Å². The number of benzene rings is 1. The van der Waals surface area contributed by atoms with Crippen LogP contribution in [0.5, 0.6) is 0 Å². The van der Waals surface area contributed by atoms with E-state index in [1.807, 2.05) is 6.07 Å². The number of rotatable bonds is 4. The Kier molecular flexibility index (Phi) is 4.16. The summed E-state index contributed by atoms with van der Waals surface area (Å²) in [5, 5.41) is 8.89. The standard InChI is InChI=1S/C10H11ClN2O2S/c1-2-5-16(14,15)13-9-4-3-8(7-12)10(11)6-9/h3-4,6,13H,2,5H2,1H3. The molecule has 0 amide bonds. The van der Waals surface area contributed by atoms with Gasteiger partial charge in [0.1, 0.15) is 6.07 Å². The summed E-state index contributed by atoms with van der Waals surface area (Å²) in [7, 11) is -3.31. The van der Waals surface area contributed by atoms with Gasteiger partial charge in [0.2, 0.25) is 10.0 Å². The lowest BCUT2D eigenvalue weighted by atomic mass is 10.2. The highest BCUT2D eigenvalue weighted by Crippen LogP contribution is 2.21. The maximum atomic E-state index is 11.4. The van der Waals surface area contributed by atoms with E-state index in [9.17, 15) is 8.42 Å². The van der Waals surface area contributed by atoms with Gasteiger partial charge in [-0.05, 0) is 24.6 Å². The predicted molar refractivity (Wildman–Crippen MR) is 63.9 cm³/mol. The Balaban J connectivity index is 2.93. The highest BCUT2D eigenvalue weighted by Gasteiger charge is 2.09. The fourth-order valence-electron chi connectivity index (χ4n) is 1.17. The molecular formula is C10H11ClN2O2S. The molecule has 0 aliphatic carbocycles. The summed E-state index contributed by atoms with van der Waals surface area (Å²) in [4.78, 5) is 0. The summed E-state index contributed by atoms with van der Waals surface area (Å²) in [5.41, 5.74) is 0.692. The molecule has 86 valence electrons. The first-order valence-electron chi connectivity index (χ1n) is 4.68. The molecule has 0 heterocycles. The van der Waals surface area contributed by atoms with Gasteiger partial charge in [0.05, 0.1) is 22.0 Å². The van der Waals surface area contributed by atoms with Gasteiger partial charge in [-0.1, -0.05) is 18.5 Å². The minimum absolute atomic E-state index is 0.0601. The molecule has 1 aromatic rings. The average Bonchev–Trinajstić information content (AvgIpc) is 2.17. The summed E-state index contributed by atoms with van der Waals surface area (Å²) < 4.78 is 25.3. The average molecular weight is 259 g/mol. The molecule has 4 nitrogen and oxygen atoms in total. The lowest BCUT2D eigenvalue weighted by molar-refractivity contribution is 0.600. The van der Waals surface area contributed by atoms with Gasteiger partial charge in [0.15, 0.2) is 0 Å². The molecule has 0 saturated heterocycles. The van der Waals surface area contributed by atoms with E-state index in [4.69, 9.17) is 16.9 Å². The predicted octanol–water partition coefficient (Wildman–Crippen LogP) is 2.36. The smallest absolute Gasteiger partial charge is 0.232 e. The van der Waals surface area contributed by atoms with Gasteiger partial charge in [-0.25, -0.2) is 8.42 Å². The SMILES string of the molecule is CCCS(=O)(=O)Nc1ccc(C#N)c(Cl)c1. The summed E-state index contributed by atoms with van der Waals surface area (Å²) >= 11 is 5.78. The summed E-state index contributed by atoms with van der Waals surface area (Å²) in [5.74, 6) is 0.0601. The highest BCUT2D eigenvalue weighted by atomic mass is 35.5. The largest absolute Gasteiger partial charge is 0.284 e. The minimum Gasteiger partial charge on any atom is -0.284 e. The molecule has 0 bridgehead atoms. The van der Waals surface area contributed by atoms with E-state index in [-0.39, 0.29) is 10.8 Å². The molecule has 0 saturated carbocycles. The zero-order chi connectivity index (χ0) is 12.2. The van der Waals surface area contributed by atoms with Gasteiger partial charge in [0.25, 0.3) is 0 Å². The Morgan fingerprint density at radius 2 is 2.19 bits per heavy atom. The van der Waals surface area contributed by atoms with E-state index in [1.165, 1.54) is 18.2 Å². The molecule has 0 radical (unpaired) electrons. The molecule has 0 spiro atoms. The molecule has 1 aromatic carbocycles. The fraction of sp³-hybridized carbons (Fsp3) is 0.300. The second-order valence-electron chi connectivity index (χ2n) is 3.23. The molecule has 0 atom stereocenters. The van der Waals surface area contributed by atoms with Crippen molar-refractivity contribution in [3.63, 3.8) is 0 Å². The van der Waals surface area contributed by atoms with Crippen molar-refractivity contribution < 1.29 is 8.42 Å². The van der Waals surface area contributed by atoms with Crippen molar-refractivity contribution in [3.8, 4) is 6.07 Å². The number of hydrogen-bond donors (Lipinski definition) is 1. The van der Waals surface area contributed by atoms with Gasteiger partial charge >= 0.3 is 0 Å². The second-order valence-corrected chi connectivity index (χ2v) is 5.48. The Morgan fingerprint density at radius 1 is 1.50 bits per heavy atom. The molecule has 0 aliphatic rings. The number of nitriles is 1. The van der Waals surface area contributed by atoms with Gasteiger partial charge in [-0.3, -0.25) is 4.72 Å². The topological polar surface area (TPSA) is 70.0 Å². The van der Waals surface area contributed by atoms with E-state index in [0.29, 0.717) is 17.7 Å². The second kappa shape index (κ2) is 5.19. The van der Waals surface area contributed by atoms with E-state index in [0.717, 1.165) is 0 Å². The van der Waals surface area contributed by atoms with Gasteiger partial charge in [0, 0.05) is 0 Å². The quantitative estimate of drug-likeness (QED) is 0.901. The molecule has 0 fully saturated rings. The van der Waals surface area contributed by atoms with Gasteiger partial charge < -0.3 is 0 Å². The first-order valence-corrected chi connectivity index (χ1v) is 6.71. The van der Waals surface area contributed by atoms with E-state index in [2.05, 4.69) is 4.72 Å². The lowest BCUT2D eigenvalue weighted by Gasteiger charge is -2.07. The van der Waals surface area contributed by atoms with Crippen LogP contribution in [0.3, 0.4) is 0 Å². The Bertz CT molecular complexity index is 520. The fourth-order valence-corrected chi connectivity index (χ4v) is 2.52.